The minimum absolute atomic E-state index is 0.461. The molecule has 2 nitrogen and oxygen atoms in total. The highest BCUT2D eigenvalue weighted by atomic mass is 79.9. The highest BCUT2D eigenvalue weighted by molar-refractivity contribution is 9.11. The summed E-state index contributed by atoms with van der Waals surface area (Å²) in [5.74, 6) is 0. The number of rotatable bonds is 1. The molecule has 2 aromatic rings. The van der Waals surface area contributed by atoms with Gasteiger partial charge in [0.1, 0.15) is 0 Å². The van der Waals surface area contributed by atoms with E-state index in [1.54, 1.807) is 12.1 Å². The summed E-state index contributed by atoms with van der Waals surface area (Å²) >= 11 is 4.63. The van der Waals surface area contributed by atoms with Crippen LogP contribution in [-0.2, 0) is 13.2 Å². The Morgan fingerprint density at radius 2 is 2.06 bits per heavy atom. The van der Waals surface area contributed by atoms with Crippen molar-refractivity contribution in [2.45, 2.75) is 6.18 Å². The van der Waals surface area contributed by atoms with Crippen molar-refractivity contribution in [3.05, 3.63) is 27.7 Å². The molecule has 16 heavy (non-hydrogen) atoms. The molecular weight excluding hydrogens is 305 g/mol. The zero-order valence-corrected chi connectivity index (χ0v) is 10.4. The Kier molecular flexibility index (Phi) is 2.83. The smallest absolute Gasteiger partial charge is 0.267 e. The minimum Gasteiger partial charge on any atom is -0.267 e. The molecule has 2 heterocycles. The molecule has 0 unspecified atom stereocenters. The van der Waals surface area contributed by atoms with E-state index in [0.717, 1.165) is 14.7 Å². The van der Waals surface area contributed by atoms with Gasteiger partial charge in [0.05, 0.1) is 14.4 Å². The largest absolute Gasteiger partial charge is 0.435 e. The SMILES string of the molecule is Cn1nc(C(F)(F)F)cc1-c1ccc(Br)s1. The summed E-state index contributed by atoms with van der Waals surface area (Å²) in [5.41, 5.74) is -0.405. The lowest BCUT2D eigenvalue weighted by Crippen LogP contribution is -2.06. The van der Waals surface area contributed by atoms with Crippen LogP contribution in [0.5, 0.6) is 0 Å². The monoisotopic (exact) mass is 310 g/mol. The molecule has 7 heteroatoms. The summed E-state index contributed by atoms with van der Waals surface area (Å²) in [7, 11) is 1.50. The molecule has 0 saturated heterocycles. The summed E-state index contributed by atoms with van der Waals surface area (Å²) in [6.07, 6.45) is -4.40. The lowest BCUT2D eigenvalue weighted by molar-refractivity contribution is -0.141. The highest BCUT2D eigenvalue weighted by Crippen LogP contribution is 2.35. The second-order valence-corrected chi connectivity index (χ2v) is 5.60. The molecule has 0 saturated carbocycles. The van der Waals surface area contributed by atoms with Gasteiger partial charge in [0.15, 0.2) is 5.69 Å². The predicted octanol–water partition coefficient (Wildman–Crippen LogP) is 3.93. The fourth-order valence-corrected chi connectivity index (χ4v) is 2.72. The topological polar surface area (TPSA) is 17.8 Å². The van der Waals surface area contributed by atoms with Gasteiger partial charge in [0.25, 0.3) is 0 Å². The van der Waals surface area contributed by atoms with Gasteiger partial charge in [0, 0.05) is 7.05 Å². The van der Waals surface area contributed by atoms with E-state index in [9.17, 15) is 13.2 Å². The second-order valence-electron chi connectivity index (χ2n) is 3.14. The number of thiophene rings is 1. The maximum absolute atomic E-state index is 12.4. The van der Waals surface area contributed by atoms with Gasteiger partial charge in [-0.05, 0) is 34.1 Å². The molecule has 0 radical (unpaired) electrons. The van der Waals surface area contributed by atoms with Crippen molar-refractivity contribution in [1.82, 2.24) is 9.78 Å². The Morgan fingerprint density at radius 3 is 2.50 bits per heavy atom. The first-order chi connectivity index (χ1) is 7.38. The van der Waals surface area contributed by atoms with Crippen LogP contribution in [0.3, 0.4) is 0 Å². The number of hydrogen-bond donors (Lipinski definition) is 0. The van der Waals surface area contributed by atoms with Crippen molar-refractivity contribution in [1.29, 1.82) is 0 Å². The second kappa shape index (κ2) is 3.89. The Balaban J connectivity index is 2.47. The molecule has 0 aliphatic heterocycles. The molecule has 0 fully saturated rings. The van der Waals surface area contributed by atoms with Crippen LogP contribution >= 0.6 is 27.3 Å². The Labute approximate surface area is 102 Å². The van der Waals surface area contributed by atoms with Gasteiger partial charge >= 0.3 is 6.18 Å². The molecule has 0 atom stereocenters. The third kappa shape index (κ3) is 2.15. The van der Waals surface area contributed by atoms with Gasteiger partial charge in [-0.15, -0.1) is 11.3 Å². The van der Waals surface area contributed by atoms with Gasteiger partial charge in [-0.1, -0.05) is 0 Å². The maximum atomic E-state index is 12.4. The zero-order valence-electron chi connectivity index (χ0n) is 8.05. The lowest BCUT2D eigenvalue weighted by Gasteiger charge is -1.98. The number of nitrogens with zero attached hydrogens (tertiary/aromatic N) is 2. The zero-order chi connectivity index (χ0) is 11.9. The molecule has 0 aromatic carbocycles. The van der Waals surface area contributed by atoms with Crippen molar-refractivity contribution in [2.24, 2.45) is 7.05 Å². The average Bonchev–Trinajstić information content (AvgIpc) is 2.70. The van der Waals surface area contributed by atoms with Crippen molar-refractivity contribution in [3.8, 4) is 10.6 Å². The van der Waals surface area contributed by atoms with Crippen LogP contribution in [0.4, 0.5) is 13.2 Å². The molecule has 0 N–H and O–H groups in total. The van der Waals surface area contributed by atoms with E-state index in [1.807, 2.05) is 0 Å². The van der Waals surface area contributed by atoms with E-state index in [4.69, 9.17) is 0 Å². The molecule has 0 aliphatic rings. The van der Waals surface area contributed by atoms with Crippen LogP contribution in [-0.4, -0.2) is 9.78 Å². The number of alkyl halides is 3. The molecule has 0 amide bonds. The average molecular weight is 311 g/mol. The van der Waals surface area contributed by atoms with Crippen LogP contribution in [0.25, 0.3) is 10.6 Å². The van der Waals surface area contributed by atoms with Gasteiger partial charge in [0.2, 0.25) is 0 Å². The fraction of sp³-hybridized carbons (Fsp3) is 0.222. The lowest BCUT2D eigenvalue weighted by atomic mass is 10.3. The molecule has 0 spiro atoms. The quantitative estimate of drug-likeness (QED) is 0.780. The molecule has 2 rings (SSSR count). The molecule has 86 valence electrons. The van der Waals surface area contributed by atoms with E-state index in [2.05, 4.69) is 21.0 Å². The van der Waals surface area contributed by atoms with Crippen molar-refractivity contribution in [3.63, 3.8) is 0 Å². The third-order valence-corrected chi connectivity index (χ3v) is 3.64. The fourth-order valence-electron chi connectivity index (χ4n) is 1.29. The van der Waals surface area contributed by atoms with Gasteiger partial charge < -0.3 is 0 Å². The molecule has 0 aliphatic carbocycles. The molecule has 0 bridgehead atoms. The third-order valence-electron chi connectivity index (χ3n) is 2.00. The molecular formula is C9H6BrF3N2S. The van der Waals surface area contributed by atoms with E-state index in [1.165, 1.54) is 23.1 Å². The summed E-state index contributed by atoms with van der Waals surface area (Å²) in [6, 6.07) is 4.60. The van der Waals surface area contributed by atoms with E-state index in [0.29, 0.717) is 5.69 Å². The Bertz CT molecular complexity index is 515. The normalized spacial score (nSPS) is 12.1. The van der Waals surface area contributed by atoms with E-state index in [-0.39, 0.29) is 0 Å². The standard InChI is InChI=1S/C9H6BrF3N2S/c1-15-5(6-2-3-8(10)16-6)4-7(14-15)9(11,12)13/h2-4H,1H3. The number of halogens is 4. The first-order valence-electron chi connectivity index (χ1n) is 4.25. The first-order valence-corrected chi connectivity index (χ1v) is 5.86. The van der Waals surface area contributed by atoms with Crippen LogP contribution in [0.15, 0.2) is 22.0 Å². The van der Waals surface area contributed by atoms with Gasteiger partial charge in [-0.3, -0.25) is 4.68 Å². The van der Waals surface area contributed by atoms with Gasteiger partial charge in [-0.2, -0.15) is 18.3 Å². The van der Waals surface area contributed by atoms with Crippen LogP contribution < -0.4 is 0 Å². The van der Waals surface area contributed by atoms with Crippen molar-refractivity contribution in [2.75, 3.05) is 0 Å². The number of aryl methyl sites for hydroxylation is 1. The van der Waals surface area contributed by atoms with Crippen LogP contribution in [0.2, 0.25) is 0 Å². The Hall–Kier alpha value is -0.820. The van der Waals surface area contributed by atoms with Crippen LogP contribution in [0.1, 0.15) is 5.69 Å². The summed E-state index contributed by atoms with van der Waals surface area (Å²) in [4.78, 5) is 0.748. The Morgan fingerprint density at radius 1 is 1.38 bits per heavy atom. The minimum atomic E-state index is -4.40. The van der Waals surface area contributed by atoms with E-state index < -0.39 is 11.9 Å². The summed E-state index contributed by atoms with van der Waals surface area (Å²) in [5, 5.41) is 3.45. The summed E-state index contributed by atoms with van der Waals surface area (Å²) in [6.45, 7) is 0. The van der Waals surface area contributed by atoms with Crippen molar-refractivity contribution < 1.29 is 13.2 Å². The van der Waals surface area contributed by atoms with E-state index >= 15 is 0 Å². The number of aromatic nitrogens is 2. The van der Waals surface area contributed by atoms with Gasteiger partial charge in [-0.25, -0.2) is 0 Å². The summed E-state index contributed by atoms with van der Waals surface area (Å²) < 4.78 is 39.4. The predicted molar refractivity (Wildman–Crippen MR) is 59.2 cm³/mol. The van der Waals surface area contributed by atoms with Crippen LogP contribution in [0, 0.1) is 0 Å². The first kappa shape index (κ1) is 11.7. The maximum Gasteiger partial charge on any atom is 0.435 e. The highest BCUT2D eigenvalue weighted by Gasteiger charge is 2.34. The van der Waals surface area contributed by atoms with Crippen molar-refractivity contribution >= 4 is 27.3 Å². The number of hydrogen-bond acceptors (Lipinski definition) is 2. The molecule has 2 aromatic heterocycles.